The lowest BCUT2D eigenvalue weighted by Gasteiger charge is -1.93. The molecule has 1 heterocycles. The van der Waals surface area contributed by atoms with E-state index in [0.29, 0.717) is 0 Å². The predicted octanol–water partition coefficient (Wildman–Crippen LogP) is 2.70. The molecule has 0 bridgehead atoms. The Bertz CT molecular complexity index is 241. The highest BCUT2D eigenvalue weighted by Gasteiger charge is 2.11. The van der Waals surface area contributed by atoms with Gasteiger partial charge in [-0.25, -0.2) is 0 Å². The molecule has 1 aliphatic rings. The van der Waals surface area contributed by atoms with Crippen LogP contribution in [0.3, 0.4) is 0 Å². The minimum absolute atomic E-state index is 1.13. The van der Waals surface area contributed by atoms with Crippen LogP contribution in [0, 0.1) is 0 Å². The van der Waals surface area contributed by atoms with E-state index in [4.69, 9.17) is 0 Å². The quantitative estimate of drug-likeness (QED) is 0.484. The first-order valence-corrected chi connectivity index (χ1v) is 3.56. The number of hydrogen-bond acceptors (Lipinski definition) is 1. The van der Waals surface area contributed by atoms with Gasteiger partial charge in [-0.2, -0.15) is 0 Å². The maximum atomic E-state index is 4.37. The lowest BCUT2D eigenvalue weighted by Crippen LogP contribution is -1.86. The van der Waals surface area contributed by atoms with Crippen molar-refractivity contribution in [2.75, 3.05) is 0 Å². The van der Waals surface area contributed by atoms with E-state index in [1.165, 1.54) is 11.1 Å². The van der Waals surface area contributed by atoms with Crippen molar-refractivity contribution in [2.45, 2.75) is 27.7 Å². The summed E-state index contributed by atoms with van der Waals surface area (Å²) in [6.07, 6.45) is 2.05. The van der Waals surface area contributed by atoms with Crippen LogP contribution in [0.4, 0.5) is 0 Å². The van der Waals surface area contributed by atoms with Crippen molar-refractivity contribution in [1.82, 2.24) is 0 Å². The second-order valence-electron chi connectivity index (χ2n) is 2.62. The van der Waals surface area contributed by atoms with Crippen molar-refractivity contribution in [3.63, 3.8) is 0 Å². The fourth-order valence-corrected chi connectivity index (χ4v) is 1.09. The molecule has 54 valence electrons. The largest absolute Gasteiger partial charge is 0.254 e. The lowest BCUT2D eigenvalue weighted by molar-refractivity contribution is 1.29. The van der Waals surface area contributed by atoms with Gasteiger partial charge < -0.3 is 0 Å². The van der Waals surface area contributed by atoms with Crippen LogP contribution in [0.5, 0.6) is 0 Å². The fraction of sp³-hybridized carbons (Fsp3) is 0.444. The van der Waals surface area contributed by atoms with Crippen molar-refractivity contribution in [1.29, 1.82) is 0 Å². The zero-order chi connectivity index (χ0) is 7.72. The average Bonchev–Trinajstić information content (AvgIpc) is 2.17. The summed E-state index contributed by atoms with van der Waals surface area (Å²) in [5.41, 5.74) is 4.94. The Labute approximate surface area is 62.2 Å². The van der Waals surface area contributed by atoms with Crippen LogP contribution in [-0.4, -0.2) is 5.71 Å². The van der Waals surface area contributed by atoms with Crippen molar-refractivity contribution in [2.24, 2.45) is 4.99 Å². The molecular weight excluding hydrogens is 122 g/mol. The molecule has 0 aromatic heterocycles. The third-order valence-electron chi connectivity index (χ3n) is 2.05. The van der Waals surface area contributed by atoms with E-state index in [-0.39, 0.29) is 0 Å². The Kier molecular flexibility index (Phi) is 1.75. The summed E-state index contributed by atoms with van der Waals surface area (Å²) >= 11 is 0. The summed E-state index contributed by atoms with van der Waals surface area (Å²) in [7, 11) is 0. The van der Waals surface area contributed by atoms with Crippen LogP contribution in [-0.2, 0) is 0 Å². The molecule has 0 N–H and O–H groups in total. The minimum atomic E-state index is 1.13. The highest BCUT2D eigenvalue weighted by molar-refractivity contribution is 6.02. The van der Waals surface area contributed by atoms with Gasteiger partial charge in [-0.15, -0.1) is 0 Å². The van der Waals surface area contributed by atoms with Crippen LogP contribution < -0.4 is 0 Å². The average molecular weight is 135 g/mol. The van der Waals surface area contributed by atoms with Crippen LogP contribution in [0.2, 0.25) is 0 Å². The summed E-state index contributed by atoms with van der Waals surface area (Å²) in [5, 5.41) is 0. The standard InChI is InChI=1S/C9H13N/c1-5-9-7(3)6(2)8(4)10-9/h5H,1-4H3/b9-5+. The molecule has 0 aromatic carbocycles. The molecule has 10 heavy (non-hydrogen) atoms. The molecule has 0 unspecified atom stereocenters. The molecule has 0 spiro atoms. The first-order valence-electron chi connectivity index (χ1n) is 3.56. The van der Waals surface area contributed by atoms with Crippen molar-refractivity contribution in [3.8, 4) is 0 Å². The molecule has 1 nitrogen and oxygen atoms in total. The Morgan fingerprint density at radius 1 is 1.10 bits per heavy atom. The highest BCUT2D eigenvalue weighted by Crippen LogP contribution is 2.23. The molecule has 0 radical (unpaired) electrons. The maximum Gasteiger partial charge on any atom is 0.0622 e. The fourth-order valence-electron chi connectivity index (χ4n) is 1.09. The third-order valence-corrected chi connectivity index (χ3v) is 2.05. The van der Waals surface area contributed by atoms with Gasteiger partial charge in [-0.1, -0.05) is 6.08 Å². The van der Waals surface area contributed by atoms with Crippen molar-refractivity contribution in [3.05, 3.63) is 22.9 Å². The summed E-state index contributed by atoms with van der Waals surface area (Å²) in [6.45, 7) is 8.30. The van der Waals surface area contributed by atoms with E-state index in [1.807, 2.05) is 6.92 Å². The van der Waals surface area contributed by atoms with Crippen LogP contribution in [0.25, 0.3) is 0 Å². The number of allylic oxidation sites excluding steroid dienone is 3. The van der Waals surface area contributed by atoms with E-state index in [1.54, 1.807) is 0 Å². The SMILES string of the molecule is C/C=C1/N=C(C)C(C)=C1C. The lowest BCUT2D eigenvalue weighted by atomic mass is 10.1. The molecule has 0 fully saturated rings. The maximum absolute atomic E-state index is 4.37. The zero-order valence-corrected chi connectivity index (χ0v) is 7.02. The van der Waals surface area contributed by atoms with Gasteiger partial charge in [0.2, 0.25) is 0 Å². The van der Waals surface area contributed by atoms with Gasteiger partial charge in [0, 0.05) is 5.71 Å². The number of hydrogen-bond donors (Lipinski definition) is 0. The molecule has 0 saturated heterocycles. The van der Waals surface area contributed by atoms with E-state index < -0.39 is 0 Å². The van der Waals surface area contributed by atoms with E-state index in [2.05, 4.69) is 31.8 Å². The minimum Gasteiger partial charge on any atom is -0.254 e. The van der Waals surface area contributed by atoms with Gasteiger partial charge in [0.25, 0.3) is 0 Å². The first kappa shape index (κ1) is 7.26. The predicted molar refractivity (Wildman–Crippen MR) is 45.2 cm³/mol. The van der Waals surface area contributed by atoms with Gasteiger partial charge >= 0.3 is 0 Å². The molecule has 1 aliphatic heterocycles. The van der Waals surface area contributed by atoms with Crippen molar-refractivity contribution < 1.29 is 0 Å². The van der Waals surface area contributed by atoms with Gasteiger partial charge in [-0.05, 0) is 38.8 Å². The Hall–Kier alpha value is -0.850. The first-order chi connectivity index (χ1) is 4.66. The molecule has 1 heteroatoms. The van der Waals surface area contributed by atoms with E-state index in [9.17, 15) is 0 Å². The van der Waals surface area contributed by atoms with Crippen LogP contribution in [0.15, 0.2) is 27.9 Å². The molecule has 0 aromatic rings. The summed E-state index contributed by atoms with van der Waals surface area (Å²) < 4.78 is 0. The van der Waals surface area contributed by atoms with Crippen LogP contribution >= 0.6 is 0 Å². The van der Waals surface area contributed by atoms with Crippen LogP contribution in [0.1, 0.15) is 27.7 Å². The second-order valence-corrected chi connectivity index (χ2v) is 2.62. The Morgan fingerprint density at radius 3 is 1.90 bits per heavy atom. The van der Waals surface area contributed by atoms with E-state index >= 15 is 0 Å². The monoisotopic (exact) mass is 135 g/mol. The third kappa shape index (κ3) is 0.919. The molecule has 0 aliphatic carbocycles. The van der Waals surface area contributed by atoms with Gasteiger partial charge in [0.1, 0.15) is 0 Å². The molecular formula is C9H13N. The number of rotatable bonds is 0. The van der Waals surface area contributed by atoms with Gasteiger partial charge in [0.15, 0.2) is 0 Å². The zero-order valence-electron chi connectivity index (χ0n) is 7.02. The van der Waals surface area contributed by atoms with Gasteiger partial charge in [0.05, 0.1) is 5.70 Å². The Balaban J connectivity index is 3.12. The molecule has 0 saturated carbocycles. The summed E-state index contributed by atoms with van der Waals surface area (Å²) in [5.74, 6) is 0. The number of aliphatic imine (C=N–C) groups is 1. The molecule has 1 rings (SSSR count). The highest BCUT2D eigenvalue weighted by atomic mass is 14.8. The summed E-state index contributed by atoms with van der Waals surface area (Å²) in [6, 6.07) is 0. The summed E-state index contributed by atoms with van der Waals surface area (Å²) in [4.78, 5) is 4.37. The van der Waals surface area contributed by atoms with Gasteiger partial charge in [-0.3, -0.25) is 4.99 Å². The second kappa shape index (κ2) is 2.41. The molecule has 0 amide bonds. The number of nitrogens with zero attached hydrogens (tertiary/aromatic N) is 1. The Morgan fingerprint density at radius 2 is 1.70 bits per heavy atom. The molecule has 0 atom stereocenters. The van der Waals surface area contributed by atoms with Crippen molar-refractivity contribution >= 4 is 5.71 Å². The smallest absolute Gasteiger partial charge is 0.0622 e. The normalized spacial score (nSPS) is 22.4. The van der Waals surface area contributed by atoms with E-state index in [0.717, 1.165) is 11.4 Å². The topological polar surface area (TPSA) is 12.4 Å².